The first-order valence-corrected chi connectivity index (χ1v) is 13.9. The first-order valence-electron chi connectivity index (χ1n) is 12.0. The van der Waals surface area contributed by atoms with Gasteiger partial charge >= 0.3 is 0 Å². The van der Waals surface area contributed by atoms with E-state index in [0.29, 0.717) is 19.1 Å². The van der Waals surface area contributed by atoms with Gasteiger partial charge in [-0.1, -0.05) is 0 Å². The van der Waals surface area contributed by atoms with Crippen molar-refractivity contribution in [1.82, 2.24) is 19.3 Å². The molecule has 2 unspecified atom stereocenters. The van der Waals surface area contributed by atoms with Crippen LogP contribution in [0.3, 0.4) is 0 Å². The molecule has 11 heteroatoms. The molecule has 0 radical (unpaired) electrons. The van der Waals surface area contributed by atoms with Crippen molar-refractivity contribution in [1.29, 1.82) is 0 Å². The number of nitrogens with one attached hydrogen (secondary N) is 1. The zero-order valence-corrected chi connectivity index (χ0v) is 21.4. The van der Waals surface area contributed by atoms with E-state index < -0.39 is 10.0 Å². The highest BCUT2D eigenvalue weighted by atomic mass is 32.2. The summed E-state index contributed by atoms with van der Waals surface area (Å²) in [5.74, 6) is 2.10. The largest absolute Gasteiger partial charge is 0.488 e. The first-order chi connectivity index (χ1) is 17.3. The normalized spacial score (nSPS) is 21.4. The van der Waals surface area contributed by atoms with Gasteiger partial charge in [-0.05, 0) is 49.2 Å². The highest BCUT2D eigenvalue weighted by Crippen LogP contribution is 2.38. The number of rotatable bonds is 5. The molecule has 0 spiro atoms. The number of hydrogen-bond donors (Lipinski definition) is 1. The molecule has 3 aliphatic rings. The van der Waals surface area contributed by atoms with Gasteiger partial charge in [-0.2, -0.15) is 4.31 Å². The minimum Gasteiger partial charge on any atom is -0.488 e. The maximum atomic E-state index is 12.0. The Kier molecular flexibility index (Phi) is 5.49. The lowest BCUT2D eigenvalue weighted by atomic mass is 10.1. The number of anilines is 4. The summed E-state index contributed by atoms with van der Waals surface area (Å²) >= 11 is 0. The number of nitrogens with zero attached hydrogens (tertiary/aromatic N) is 6. The molecule has 36 heavy (non-hydrogen) atoms. The SMILES string of the molecule is Cc1cc(Nc2nccc(-c3cnc4c(c3)OCCN4C)n2)ccc1N1CC2CC1CN2S(C)(=O)=O. The molecule has 2 bridgehead atoms. The van der Waals surface area contributed by atoms with Crippen LogP contribution in [0.25, 0.3) is 11.3 Å². The molecular formula is C25H29N7O3S. The number of likely N-dealkylation sites (N-methyl/N-ethyl adjacent to an activating group) is 1. The highest BCUT2D eigenvalue weighted by molar-refractivity contribution is 7.88. The number of piperazine rings is 1. The summed E-state index contributed by atoms with van der Waals surface area (Å²) in [5, 5.41) is 3.31. The summed E-state index contributed by atoms with van der Waals surface area (Å²) < 4.78 is 31.5. The van der Waals surface area contributed by atoms with E-state index in [1.54, 1.807) is 10.5 Å². The van der Waals surface area contributed by atoms with Crippen LogP contribution in [0.4, 0.5) is 23.1 Å². The van der Waals surface area contributed by atoms with Gasteiger partial charge < -0.3 is 19.9 Å². The Morgan fingerprint density at radius 2 is 1.97 bits per heavy atom. The summed E-state index contributed by atoms with van der Waals surface area (Å²) in [7, 11) is -1.15. The van der Waals surface area contributed by atoms with E-state index in [4.69, 9.17) is 9.72 Å². The molecule has 1 aromatic carbocycles. The summed E-state index contributed by atoms with van der Waals surface area (Å²) in [4.78, 5) is 18.1. The molecule has 188 valence electrons. The van der Waals surface area contributed by atoms with Crippen molar-refractivity contribution in [3.63, 3.8) is 0 Å². The van der Waals surface area contributed by atoms with Crippen molar-refractivity contribution in [2.24, 2.45) is 0 Å². The van der Waals surface area contributed by atoms with Gasteiger partial charge in [0.15, 0.2) is 11.6 Å². The number of aromatic nitrogens is 3. The quantitative estimate of drug-likeness (QED) is 0.558. The van der Waals surface area contributed by atoms with E-state index in [2.05, 4.69) is 44.1 Å². The molecule has 10 nitrogen and oxygen atoms in total. The third-order valence-electron chi connectivity index (χ3n) is 7.21. The summed E-state index contributed by atoms with van der Waals surface area (Å²) in [6.07, 6.45) is 5.72. The second-order valence-corrected chi connectivity index (χ2v) is 11.7. The predicted octanol–water partition coefficient (Wildman–Crippen LogP) is 2.64. The van der Waals surface area contributed by atoms with Gasteiger partial charge in [-0.15, -0.1) is 0 Å². The molecule has 2 fully saturated rings. The Balaban J connectivity index is 1.19. The summed E-state index contributed by atoms with van der Waals surface area (Å²) in [5.41, 5.74) is 4.78. The maximum absolute atomic E-state index is 12.0. The third-order valence-corrected chi connectivity index (χ3v) is 8.51. The Labute approximate surface area is 211 Å². The van der Waals surface area contributed by atoms with Crippen LogP contribution < -0.4 is 19.9 Å². The van der Waals surface area contributed by atoms with Crippen molar-refractivity contribution < 1.29 is 13.2 Å². The molecule has 2 atom stereocenters. The Bertz CT molecular complexity index is 1430. The molecule has 2 saturated heterocycles. The van der Waals surface area contributed by atoms with E-state index in [9.17, 15) is 8.42 Å². The Morgan fingerprint density at radius 3 is 2.72 bits per heavy atom. The fourth-order valence-electron chi connectivity index (χ4n) is 5.46. The summed E-state index contributed by atoms with van der Waals surface area (Å²) in [6.45, 7) is 4.81. The van der Waals surface area contributed by atoms with Crippen molar-refractivity contribution in [2.75, 3.05) is 54.7 Å². The summed E-state index contributed by atoms with van der Waals surface area (Å²) in [6, 6.07) is 10.3. The van der Waals surface area contributed by atoms with Gasteiger partial charge in [0.1, 0.15) is 6.61 Å². The molecule has 3 aliphatic heterocycles. The predicted molar refractivity (Wildman–Crippen MR) is 140 cm³/mol. The van der Waals surface area contributed by atoms with Crippen molar-refractivity contribution in [2.45, 2.75) is 25.4 Å². The average molecular weight is 508 g/mol. The number of sulfonamides is 1. The van der Waals surface area contributed by atoms with Crippen molar-refractivity contribution >= 4 is 33.2 Å². The lowest BCUT2D eigenvalue weighted by molar-refractivity contribution is 0.309. The molecule has 2 aromatic heterocycles. The van der Waals surface area contributed by atoms with Crippen molar-refractivity contribution in [3.05, 3.63) is 48.3 Å². The zero-order valence-electron chi connectivity index (χ0n) is 20.5. The molecule has 0 aliphatic carbocycles. The number of ether oxygens (including phenoxy) is 1. The number of benzene rings is 1. The Morgan fingerprint density at radius 1 is 1.11 bits per heavy atom. The van der Waals surface area contributed by atoms with Gasteiger partial charge in [0, 0.05) is 61.6 Å². The van der Waals surface area contributed by atoms with Crippen LogP contribution in [0.5, 0.6) is 5.75 Å². The molecule has 0 saturated carbocycles. The average Bonchev–Trinajstić information content (AvgIpc) is 3.46. The molecule has 3 aromatic rings. The van der Waals surface area contributed by atoms with Gasteiger partial charge in [-0.3, -0.25) is 0 Å². The van der Waals surface area contributed by atoms with Crippen LogP contribution in [0, 0.1) is 6.92 Å². The van der Waals surface area contributed by atoms with Crippen LogP contribution in [-0.2, 0) is 10.0 Å². The molecule has 1 N–H and O–H groups in total. The zero-order chi connectivity index (χ0) is 25.0. The smallest absolute Gasteiger partial charge is 0.227 e. The van der Waals surface area contributed by atoms with Gasteiger partial charge in [0.05, 0.1) is 18.5 Å². The number of fused-ring (bicyclic) bond motifs is 3. The minimum absolute atomic E-state index is 0.0576. The van der Waals surface area contributed by atoms with Crippen molar-refractivity contribution in [3.8, 4) is 17.0 Å². The van der Waals surface area contributed by atoms with E-state index in [-0.39, 0.29) is 12.1 Å². The maximum Gasteiger partial charge on any atom is 0.227 e. The molecule has 0 amide bonds. The van der Waals surface area contributed by atoms with Gasteiger partial charge in [0.25, 0.3) is 0 Å². The van der Waals surface area contributed by atoms with Gasteiger partial charge in [-0.25, -0.2) is 23.4 Å². The number of pyridine rings is 1. The second-order valence-electron chi connectivity index (χ2n) is 9.74. The highest BCUT2D eigenvalue weighted by Gasteiger charge is 2.47. The lowest BCUT2D eigenvalue weighted by Gasteiger charge is -2.35. The third kappa shape index (κ3) is 4.11. The van der Waals surface area contributed by atoms with Crippen LogP contribution in [-0.4, -0.2) is 79.3 Å². The van der Waals surface area contributed by atoms with E-state index in [1.807, 2.05) is 31.4 Å². The van der Waals surface area contributed by atoms with Crippen LogP contribution in [0.15, 0.2) is 42.7 Å². The second kappa shape index (κ2) is 8.59. The lowest BCUT2D eigenvalue weighted by Crippen LogP contribution is -2.48. The Hall–Kier alpha value is -3.44. The topological polar surface area (TPSA) is 104 Å². The molecular weight excluding hydrogens is 478 g/mol. The number of aryl methyl sites for hydroxylation is 1. The first kappa shape index (κ1) is 23.0. The van der Waals surface area contributed by atoms with E-state index in [0.717, 1.165) is 59.3 Å². The van der Waals surface area contributed by atoms with E-state index >= 15 is 0 Å². The minimum atomic E-state index is -3.15. The van der Waals surface area contributed by atoms with Crippen LogP contribution in [0.1, 0.15) is 12.0 Å². The van der Waals surface area contributed by atoms with Gasteiger partial charge in [0.2, 0.25) is 16.0 Å². The van der Waals surface area contributed by atoms with Crippen LogP contribution in [0.2, 0.25) is 0 Å². The van der Waals surface area contributed by atoms with Crippen LogP contribution >= 0.6 is 0 Å². The standard InChI is InChI=1S/C25H29N7O3S/c1-16-10-18(4-5-22(16)31-14-20-12-19(31)15-32(20)36(3,33)34)28-25-26-7-6-21(29-25)17-11-23-24(27-13-17)30(2)8-9-35-23/h4-7,10-11,13,19-20H,8-9,12,14-15H2,1-3H3,(H,26,28,29). The van der Waals surface area contributed by atoms with E-state index in [1.165, 1.54) is 6.26 Å². The monoisotopic (exact) mass is 507 g/mol. The fraction of sp³-hybridized carbons (Fsp3) is 0.400. The fourth-order valence-corrected chi connectivity index (χ4v) is 6.60. The molecule has 6 rings (SSSR count). The number of hydrogen-bond acceptors (Lipinski definition) is 9. The molecule has 5 heterocycles.